The molecule has 6 nitrogen and oxygen atoms in total. The van der Waals surface area contributed by atoms with Gasteiger partial charge in [0.25, 0.3) is 0 Å². The number of hydrogen-bond acceptors (Lipinski definition) is 4. The molecule has 27 heavy (non-hydrogen) atoms. The monoisotopic (exact) mass is 367 g/mol. The highest BCUT2D eigenvalue weighted by molar-refractivity contribution is 5.80. The number of nitrogens with one attached hydrogen (secondary N) is 2. The fraction of sp³-hybridized carbons (Fsp3) is 0.429. The first-order chi connectivity index (χ1) is 13.3. The Hall–Kier alpha value is -2.60. The number of aliphatic imine (C=N–C) groups is 1. The Morgan fingerprint density at radius 1 is 1.15 bits per heavy atom. The van der Waals surface area contributed by atoms with Gasteiger partial charge in [0.05, 0.1) is 13.2 Å². The predicted molar refractivity (Wildman–Crippen MR) is 110 cm³/mol. The molecule has 2 heterocycles. The minimum atomic E-state index is 0.0433. The van der Waals surface area contributed by atoms with Gasteiger partial charge in [-0.2, -0.15) is 0 Å². The van der Waals surface area contributed by atoms with Crippen molar-refractivity contribution in [2.45, 2.75) is 39.0 Å². The van der Waals surface area contributed by atoms with Crippen LogP contribution in [0.2, 0.25) is 0 Å². The van der Waals surface area contributed by atoms with Crippen molar-refractivity contribution in [3.8, 4) is 0 Å². The molecule has 0 aliphatic carbocycles. The Morgan fingerprint density at radius 3 is 2.56 bits per heavy atom. The predicted octanol–water partition coefficient (Wildman–Crippen LogP) is 2.30. The standard InChI is InChI=1S/C21H29N5O/c1-2-22-21(24-15-17-7-3-4-8-18(17)16-27)25-19-10-13-26(14-11-19)20-9-5-6-12-23-20/h3-9,12,19,27H,2,10-11,13-16H2,1H3,(H2,22,24,25). The second-order valence-electron chi connectivity index (χ2n) is 6.72. The number of aromatic nitrogens is 1. The lowest BCUT2D eigenvalue weighted by Gasteiger charge is -2.33. The lowest BCUT2D eigenvalue weighted by atomic mass is 10.1. The van der Waals surface area contributed by atoms with E-state index < -0.39 is 0 Å². The molecule has 0 bridgehead atoms. The zero-order chi connectivity index (χ0) is 18.9. The smallest absolute Gasteiger partial charge is 0.191 e. The van der Waals surface area contributed by atoms with Gasteiger partial charge < -0.3 is 20.6 Å². The maximum Gasteiger partial charge on any atom is 0.191 e. The molecule has 3 rings (SSSR count). The third kappa shape index (κ3) is 5.44. The van der Waals surface area contributed by atoms with Gasteiger partial charge in [-0.1, -0.05) is 30.3 Å². The molecule has 6 heteroatoms. The molecule has 1 aliphatic heterocycles. The van der Waals surface area contributed by atoms with Crippen LogP contribution in [0.5, 0.6) is 0 Å². The summed E-state index contributed by atoms with van der Waals surface area (Å²) >= 11 is 0. The van der Waals surface area contributed by atoms with E-state index in [2.05, 4.69) is 33.5 Å². The number of aliphatic hydroxyl groups excluding tert-OH is 1. The first kappa shape index (κ1) is 19.2. The molecule has 0 spiro atoms. The Kier molecular flexibility index (Phi) is 7.04. The summed E-state index contributed by atoms with van der Waals surface area (Å²) in [6.45, 7) is 5.46. The average molecular weight is 367 g/mol. The minimum absolute atomic E-state index is 0.0433. The molecule has 0 saturated carbocycles. The molecule has 0 amide bonds. The van der Waals surface area contributed by atoms with Gasteiger partial charge >= 0.3 is 0 Å². The number of aliphatic hydroxyl groups is 1. The van der Waals surface area contributed by atoms with Crippen LogP contribution in [-0.2, 0) is 13.2 Å². The SMILES string of the molecule is CCNC(=NCc1ccccc1CO)NC1CCN(c2ccccn2)CC1. The summed E-state index contributed by atoms with van der Waals surface area (Å²) in [4.78, 5) is 11.5. The van der Waals surface area contributed by atoms with E-state index in [0.717, 1.165) is 55.4 Å². The lowest BCUT2D eigenvalue weighted by molar-refractivity contribution is 0.280. The van der Waals surface area contributed by atoms with Crippen LogP contribution in [0, 0.1) is 0 Å². The van der Waals surface area contributed by atoms with Crippen molar-refractivity contribution in [3.05, 3.63) is 59.8 Å². The van der Waals surface area contributed by atoms with Crippen molar-refractivity contribution < 1.29 is 5.11 Å². The molecule has 1 aromatic carbocycles. The fourth-order valence-electron chi connectivity index (χ4n) is 3.34. The normalized spacial score (nSPS) is 15.6. The first-order valence-corrected chi connectivity index (χ1v) is 9.68. The van der Waals surface area contributed by atoms with E-state index in [1.165, 1.54) is 0 Å². The van der Waals surface area contributed by atoms with Crippen LogP contribution < -0.4 is 15.5 Å². The molecule has 0 atom stereocenters. The average Bonchev–Trinajstić information content (AvgIpc) is 2.73. The van der Waals surface area contributed by atoms with Crippen molar-refractivity contribution in [2.24, 2.45) is 4.99 Å². The molecular weight excluding hydrogens is 338 g/mol. The number of anilines is 1. The van der Waals surface area contributed by atoms with Crippen molar-refractivity contribution in [1.82, 2.24) is 15.6 Å². The van der Waals surface area contributed by atoms with Gasteiger partial charge in [0.1, 0.15) is 5.82 Å². The number of guanidine groups is 1. The van der Waals surface area contributed by atoms with Gasteiger partial charge in [0.2, 0.25) is 0 Å². The second kappa shape index (κ2) is 9.92. The van der Waals surface area contributed by atoms with Gasteiger partial charge in [-0.05, 0) is 43.0 Å². The zero-order valence-corrected chi connectivity index (χ0v) is 15.9. The first-order valence-electron chi connectivity index (χ1n) is 9.68. The van der Waals surface area contributed by atoms with E-state index >= 15 is 0 Å². The molecule has 3 N–H and O–H groups in total. The summed E-state index contributed by atoms with van der Waals surface area (Å²) in [6, 6.07) is 14.3. The number of hydrogen-bond donors (Lipinski definition) is 3. The summed E-state index contributed by atoms with van der Waals surface area (Å²) in [5.41, 5.74) is 1.99. The summed E-state index contributed by atoms with van der Waals surface area (Å²) in [5.74, 6) is 1.89. The fourth-order valence-corrected chi connectivity index (χ4v) is 3.34. The summed E-state index contributed by atoms with van der Waals surface area (Å²) in [5, 5.41) is 16.4. The highest BCUT2D eigenvalue weighted by Gasteiger charge is 2.20. The molecule has 0 unspecified atom stereocenters. The maximum atomic E-state index is 9.48. The van der Waals surface area contributed by atoms with E-state index in [9.17, 15) is 5.11 Å². The Balaban J connectivity index is 1.57. The van der Waals surface area contributed by atoms with Gasteiger partial charge in [-0.25, -0.2) is 9.98 Å². The van der Waals surface area contributed by atoms with Gasteiger partial charge in [0.15, 0.2) is 5.96 Å². The molecule has 1 aromatic heterocycles. The highest BCUT2D eigenvalue weighted by atomic mass is 16.3. The molecule has 1 fully saturated rings. The van der Waals surface area contributed by atoms with Crippen LogP contribution in [0.15, 0.2) is 53.7 Å². The number of nitrogens with zero attached hydrogens (tertiary/aromatic N) is 3. The Morgan fingerprint density at radius 2 is 1.89 bits per heavy atom. The van der Waals surface area contributed by atoms with Gasteiger partial charge in [0, 0.05) is 31.9 Å². The second-order valence-corrected chi connectivity index (χ2v) is 6.72. The van der Waals surface area contributed by atoms with Crippen molar-refractivity contribution in [2.75, 3.05) is 24.5 Å². The van der Waals surface area contributed by atoms with Crippen molar-refractivity contribution in [3.63, 3.8) is 0 Å². The summed E-state index contributed by atoms with van der Waals surface area (Å²) in [7, 11) is 0. The summed E-state index contributed by atoms with van der Waals surface area (Å²) < 4.78 is 0. The van der Waals surface area contributed by atoms with Crippen LogP contribution in [0.25, 0.3) is 0 Å². The lowest BCUT2D eigenvalue weighted by Crippen LogP contribution is -2.48. The van der Waals surface area contributed by atoms with E-state index in [1.807, 2.05) is 42.6 Å². The van der Waals surface area contributed by atoms with Crippen LogP contribution >= 0.6 is 0 Å². The Labute approximate surface area is 161 Å². The minimum Gasteiger partial charge on any atom is -0.392 e. The quantitative estimate of drug-likeness (QED) is 0.540. The molecule has 0 radical (unpaired) electrons. The summed E-state index contributed by atoms with van der Waals surface area (Å²) in [6.07, 6.45) is 3.95. The molecule has 1 aliphatic rings. The topological polar surface area (TPSA) is 72.8 Å². The third-order valence-electron chi connectivity index (χ3n) is 4.85. The van der Waals surface area contributed by atoms with Crippen molar-refractivity contribution >= 4 is 11.8 Å². The number of rotatable bonds is 6. The van der Waals surface area contributed by atoms with Crippen molar-refractivity contribution in [1.29, 1.82) is 0 Å². The molecule has 144 valence electrons. The largest absolute Gasteiger partial charge is 0.392 e. The van der Waals surface area contributed by atoms with E-state index in [0.29, 0.717) is 12.6 Å². The van der Waals surface area contributed by atoms with Crippen LogP contribution in [-0.4, -0.2) is 41.7 Å². The van der Waals surface area contributed by atoms with Crippen LogP contribution in [0.3, 0.4) is 0 Å². The molecular formula is C21H29N5O. The van der Waals surface area contributed by atoms with Crippen LogP contribution in [0.4, 0.5) is 5.82 Å². The number of pyridine rings is 1. The van der Waals surface area contributed by atoms with Crippen LogP contribution in [0.1, 0.15) is 30.9 Å². The zero-order valence-electron chi connectivity index (χ0n) is 15.9. The molecule has 2 aromatic rings. The highest BCUT2D eigenvalue weighted by Crippen LogP contribution is 2.17. The third-order valence-corrected chi connectivity index (χ3v) is 4.85. The van der Waals surface area contributed by atoms with Gasteiger partial charge in [-0.15, -0.1) is 0 Å². The van der Waals surface area contributed by atoms with Gasteiger partial charge in [-0.3, -0.25) is 0 Å². The molecule has 1 saturated heterocycles. The Bertz CT molecular complexity index is 726. The number of piperidine rings is 1. The number of benzene rings is 1. The van der Waals surface area contributed by atoms with E-state index in [1.54, 1.807) is 0 Å². The van der Waals surface area contributed by atoms with E-state index in [4.69, 9.17) is 4.99 Å². The maximum absolute atomic E-state index is 9.48. The van der Waals surface area contributed by atoms with E-state index in [-0.39, 0.29) is 6.61 Å².